The van der Waals surface area contributed by atoms with Gasteiger partial charge in [-0.3, -0.25) is 4.79 Å². The Morgan fingerprint density at radius 2 is 2.16 bits per heavy atom. The van der Waals surface area contributed by atoms with Crippen LogP contribution < -0.4 is 0 Å². The summed E-state index contributed by atoms with van der Waals surface area (Å²) in [6.07, 6.45) is 3.96. The molecule has 0 spiro atoms. The van der Waals surface area contributed by atoms with Gasteiger partial charge in [-0.25, -0.2) is 0 Å². The fraction of sp³-hybridized carbons (Fsp3) is 0.667. The summed E-state index contributed by atoms with van der Waals surface area (Å²) < 4.78 is 0.260. The Balaban J connectivity index is 2.38. The van der Waals surface area contributed by atoms with Crippen LogP contribution in [-0.4, -0.2) is 24.9 Å². The third-order valence-electron chi connectivity index (χ3n) is 3.22. The van der Waals surface area contributed by atoms with Gasteiger partial charge in [-0.05, 0) is 19.8 Å². The van der Waals surface area contributed by atoms with Gasteiger partial charge in [-0.2, -0.15) is 5.26 Å². The Bertz CT molecular complexity index is 527. The lowest BCUT2D eigenvalue weighted by Crippen LogP contribution is -2.29. The number of halogens is 2. The first kappa shape index (κ1) is 14.3. The van der Waals surface area contributed by atoms with Crippen molar-refractivity contribution in [3.05, 3.63) is 11.6 Å². The van der Waals surface area contributed by atoms with Crippen LogP contribution in [0.15, 0.2) is 0 Å². The summed E-state index contributed by atoms with van der Waals surface area (Å²) in [6.45, 7) is 2.09. The Kier molecular flexibility index (Phi) is 4.12. The van der Waals surface area contributed by atoms with E-state index in [-0.39, 0.29) is 0 Å². The average Bonchev–Trinajstić information content (AvgIpc) is 2.59. The molecule has 1 aliphatic rings. The molecule has 0 amide bonds. The van der Waals surface area contributed by atoms with Crippen LogP contribution in [0.2, 0.25) is 0 Å². The fourth-order valence-corrected chi connectivity index (χ4v) is 2.43. The first-order valence-corrected chi connectivity index (χ1v) is 6.94. The number of fused-ring (bicyclic) bond motifs is 1. The number of hydrogen-bond acceptors (Lipinski definition) is 4. The van der Waals surface area contributed by atoms with Gasteiger partial charge in [0.1, 0.15) is 5.82 Å². The van der Waals surface area contributed by atoms with Crippen LogP contribution >= 0.6 is 23.2 Å². The maximum absolute atomic E-state index is 12.1. The smallest absolute Gasteiger partial charge is 0.193 e. The molecule has 0 saturated heterocycles. The van der Waals surface area contributed by atoms with Crippen molar-refractivity contribution < 1.29 is 4.79 Å². The van der Waals surface area contributed by atoms with Crippen molar-refractivity contribution in [3.8, 4) is 6.07 Å². The number of aromatic nitrogens is 3. The van der Waals surface area contributed by atoms with Crippen LogP contribution in [-0.2, 0) is 17.8 Å². The Labute approximate surface area is 121 Å². The molecule has 0 fully saturated rings. The van der Waals surface area contributed by atoms with Gasteiger partial charge in [0, 0.05) is 13.0 Å². The molecule has 19 heavy (non-hydrogen) atoms. The lowest BCUT2D eigenvalue weighted by atomic mass is 10.0. The number of nitrogens with zero attached hydrogens (tertiary/aromatic N) is 4. The molecule has 0 aromatic carbocycles. The van der Waals surface area contributed by atoms with Crippen molar-refractivity contribution in [2.75, 3.05) is 0 Å². The zero-order chi connectivity index (χ0) is 14.0. The quantitative estimate of drug-likeness (QED) is 0.804. The fourth-order valence-electron chi connectivity index (χ4n) is 2.21. The molecule has 5 nitrogen and oxygen atoms in total. The molecule has 2 heterocycles. The van der Waals surface area contributed by atoms with Crippen molar-refractivity contribution in [3.63, 3.8) is 0 Å². The lowest BCUT2D eigenvalue weighted by Gasteiger charge is -2.16. The summed E-state index contributed by atoms with van der Waals surface area (Å²) in [7, 11) is 0. The van der Waals surface area contributed by atoms with Gasteiger partial charge in [0.15, 0.2) is 21.9 Å². The summed E-state index contributed by atoms with van der Waals surface area (Å²) >= 11 is 11.6. The van der Waals surface area contributed by atoms with E-state index in [1.807, 2.05) is 10.6 Å². The normalized spacial score (nSPS) is 17.2. The van der Waals surface area contributed by atoms with E-state index in [1.165, 1.54) is 6.92 Å². The van der Waals surface area contributed by atoms with E-state index in [9.17, 15) is 10.1 Å². The number of alkyl halides is 2. The van der Waals surface area contributed by atoms with Crippen LogP contribution in [0.3, 0.4) is 0 Å². The molecule has 0 saturated carbocycles. The molecule has 0 aliphatic carbocycles. The number of nitriles is 1. The number of carbonyl (C=O) groups excluding carboxylic acids is 1. The minimum Gasteiger partial charge on any atom is -0.313 e. The second-order valence-electron chi connectivity index (χ2n) is 4.75. The van der Waals surface area contributed by atoms with Gasteiger partial charge < -0.3 is 4.57 Å². The first-order valence-electron chi connectivity index (χ1n) is 6.19. The minimum absolute atomic E-state index is 0.358. The highest BCUT2D eigenvalue weighted by Crippen LogP contribution is 2.30. The maximum atomic E-state index is 12.1. The SMILES string of the molecule is CC(Cl)(Cl)C(=O)C(C#N)c1nnc2n1CCCCC2. The number of ketones is 1. The van der Waals surface area contributed by atoms with Crippen LogP contribution in [0.1, 0.15) is 43.8 Å². The molecule has 1 unspecified atom stereocenters. The van der Waals surface area contributed by atoms with Gasteiger partial charge >= 0.3 is 0 Å². The number of Topliss-reactive ketones (excluding diaryl/α,β-unsaturated/α-hetero) is 1. The zero-order valence-corrected chi connectivity index (χ0v) is 12.1. The summed E-state index contributed by atoms with van der Waals surface area (Å²) in [5.74, 6) is -0.444. The van der Waals surface area contributed by atoms with Crippen molar-refractivity contribution in [2.24, 2.45) is 0 Å². The third kappa shape index (κ3) is 2.90. The van der Waals surface area contributed by atoms with E-state index < -0.39 is 16.0 Å². The van der Waals surface area contributed by atoms with Crippen molar-refractivity contribution in [1.82, 2.24) is 14.8 Å². The number of aryl methyl sites for hydroxylation is 1. The van der Waals surface area contributed by atoms with Crippen LogP contribution in [0, 0.1) is 11.3 Å². The van der Waals surface area contributed by atoms with Gasteiger partial charge in [-0.15, -0.1) is 10.2 Å². The van der Waals surface area contributed by atoms with E-state index in [0.717, 1.165) is 38.1 Å². The Morgan fingerprint density at radius 1 is 1.42 bits per heavy atom. The molecule has 1 aromatic rings. The molecular weight excluding hydrogens is 287 g/mol. The molecule has 1 aliphatic heterocycles. The molecule has 0 N–H and O–H groups in total. The predicted molar refractivity (Wildman–Crippen MR) is 71.0 cm³/mol. The first-order chi connectivity index (χ1) is 8.95. The van der Waals surface area contributed by atoms with E-state index in [4.69, 9.17) is 23.2 Å². The lowest BCUT2D eigenvalue weighted by molar-refractivity contribution is -0.119. The number of carbonyl (C=O) groups is 1. The highest BCUT2D eigenvalue weighted by molar-refractivity contribution is 6.58. The highest BCUT2D eigenvalue weighted by Gasteiger charge is 2.38. The second kappa shape index (κ2) is 5.48. The van der Waals surface area contributed by atoms with Crippen LogP contribution in [0.25, 0.3) is 0 Å². The van der Waals surface area contributed by atoms with E-state index in [1.54, 1.807) is 0 Å². The molecule has 0 bridgehead atoms. The van der Waals surface area contributed by atoms with Gasteiger partial charge in [0.25, 0.3) is 0 Å². The average molecular weight is 301 g/mol. The summed E-state index contributed by atoms with van der Waals surface area (Å²) in [4.78, 5) is 12.1. The van der Waals surface area contributed by atoms with Gasteiger partial charge in [-0.1, -0.05) is 29.6 Å². The van der Waals surface area contributed by atoms with Gasteiger partial charge in [0.2, 0.25) is 0 Å². The predicted octanol–water partition coefficient (Wildman–Crippen LogP) is 2.37. The van der Waals surface area contributed by atoms with Gasteiger partial charge in [0.05, 0.1) is 6.07 Å². The molecule has 0 radical (unpaired) electrons. The highest BCUT2D eigenvalue weighted by atomic mass is 35.5. The molecule has 102 valence electrons. The molecular formula is C12H14Cl2N4O. The molecule has 7 heteroatoms. The standard InChI is InChI=1S/C12H14Cl2N4O/c1-12(13,14)10(19)8(7-15)11-17-16-9-5-3-2-4-6-18(9)11/h8H,2-6H2,1H3. The summed E-state index contributed by atoms with van der Waals surface area (Å²) in [5.41, 5.74) is 0. The number of rotatable bonds is 3. The zero-order valence-electron chi connectivity index (χ0n) is 10.6. The topological polar surface area (TPSA) is 71.6 Å². The van der Waals surface area contributed by atoms with Crippen molar-refractivity contribution >= 4 is 29.0 Å². The van der Waals surface area contributed by atoms with Crippen molar-refractivity contribution in [2.45, 2.75) is 49.4 Å². The van der Waals surface area contributed by atoms with Crippen molar-refractivity contribution in [1.29, 1.82) is 5.26 Å². The van der Waals surface area contributed by atoms with E-state index >= 15 is 0 Å². The monoisotopic (exact) mass is 300 g/mol. The molecule has 2 rings (SSSR count). The summed E-state index contributed by atoms with van der Waals surface area (Å²) in [5, 5.41) is 17.3. The molecule has 1 aromatic heterocycles. The van der Waals surface area contributed by atoms with E-state index in [2.05, 4.69) is 10.2 Å². The van der Waals surface area contributed by atoms with Crippen LogP contribution in [0.4, 0.5) is 0 Å². The van der Waals surface area contributed by atoms with E-state index in [0.29, 0.717) is 5.82 Å². The third-order valence-corrected chi connectivity index (χ3v) is 3.59. The Morgan fingerprint density at radius 3 is 2.79 bits per heavy atom. The maximum Gasteiger partial charge on any atom is 0.193 e. The summed E-state index contributed by atoms with van der Waals surface area (Å²) in [6, 6.07) is 1.94. The largest absolute Gasteiger partial charge is 0.313 e. The molecule has 1 atom stereocenters. The second-order valence-corrected chi connectivity index (χ2v) is 6.46. The van der Waals surface area contributed by atoms with Crippen LogP contribution in [0.5, 0.6) is 0 Å². The minimum atomic E-state index is -1.60. The number of hydrogen-bond donors (Lipinski definition) is 0. The Hall–Kier alpha value is -1.12.